The Hall–Kier alpha value is -0.255. The molecular formula is C2H6B3F3O6. The van der Waals surface area contributed by atoms with Crippen molar-refractivity contribution in [2.24, 2.45) is 0 Å². The Morgan fingerprint density at radius 1 is 0.857 bits per heavy atom. The molecule has 0 fully saturated rings. The van der Waals surface area contributed by atoms with E-state index < -0.39 is 35.4 Å². The molecule has 0 heterocycles. The van der Waals surface area contributed by atoms with Gasteiger partial charge < -0.3 is 19.4 Å². The lowest BCUT2D eigenvalue weighted by molar-refractivity contribution is -0.163. The predicted molar refractivity (Wildman–Crippen MR) is 39.1 cm³/mol. The van der Waals surface area contributed by atoms with E-state index in [9.17, 15) is 12.9 Å². The van der Waals surface area contributed by atoms with Crippen LogP contribution in [0.2, 0.25) is 0 Å². The van der Waals surface area contributed by atoms with Crippen molar-refractivity contribution < 1.29 is 41.9 Å². The van der Waals surface area contributed by atoms with Crippen molar-refractivity contribution in [2.75, 3.05) is 13.2 Å². The molecular weight excluding hydrogens is 209 g/mol. The maximum Gasteiger partial charge on any atom is 0.707 e. The van der Waals surface area contributed by atoms with E-state index in [0.29, 0.717) is 0 Å². The topological polar surface area (TPSA) is 77.4 Å². The molecule has 0 amide bonds. The summed E-state index contributed by atoms with van der Waals surface area (Å²) >= 11 is 0. The Kier molecular flexibility index (Phi) is 7.94. The average Bonchev–Trinajstić information content (AvgIpc) is 2.08. The SMILES string of the molecule is OB(F)OCCOB(F)OOB(O)F. The molecule has 2 N–H and O–H groups in total. The zero-order chi connectivity index (χ0) is 11.0. The Labute approximate surface area is 78.4 Å². The molecule has 12 heteroatoms. The van der Waals surface area contributed by atoms with Gasteiger partial charge >= 0.3 is 22.2 Å². The highest BCUT2D eigenvalue weighted by molar-refractivity contribution is 6.37. The first-order valence-corrected chi connectivity index (χ1v) is 3.36. The Bertz CT molecular complexity index is 139. The summed E-state index contributed by atoms with van der Waals surface area (Å²) in [5.74, 6) is 0. The first-order chi connectivity index (χ1) is 6.52. The molecule has 80 valence electrons. The van der Waals surface area contributed by atoms with Crippen LogP contribution in [-0.2, 0) is 18.9 Å². The van der Waals surface area contributed by atoms with Crippen LogP contribution >= 0.6 is 0 Å². The summed E-state index contributed by atoms with van der Waals surface area (Å²) in [6.45, 7) is -0.909. The van der Waals surface area contributed by atoms with Gasteiger partial charge in [0.2, 0.25) is 0 Å². The third-order valence-corrected chi connectivity index (χ3v) is 0.798. The fourth-order valence-corrected chi connectivity index (χ4v) is 0.403. The highest BCUT2D eigenvalue weighted by Gasteiger charge is 2.25. The highest BCUT2D eigenvalue weighted by Crippen LogP contribution is 1.94. The van der Waals surface area contributed by atoms with E-state index in [1.807, 2.05) is 0 Å². The van der Waals surface area contributed by atoms with E-state index in [4.69, 9.17) is 10.0 Å². The van der Waals surface area contributed by atoms with E-state index in [0.717, 1.165) is 0 Å². The second-order valence-corrected chi connectivity index (χ2v) is 1.79. The van der Waals surface area contributed by atoms with Gasteiger partial charge in [-0.15, -0.1) is 0 Å². The largest absolute Gasteiger partial charge is 0.707 e. The summed E-state index contributed by atoms with van der Waals surface area (Å²) < 4.78 is 43.1. The lowest BCUT2D eigenvalue weighted by atomic mass is 10.3. The summed E-state index contributed by atoms with van der Waals surface area (Å²) in [5.41, 5.74) is 0. The summed E-state index contributed by atoms with van der Waals surface area (Å²) in [6.07, 6.45) is 0. The molecule has 0 rings (SSSR count). The standard InChI is InChI=1S/C2H6B3F3O6/c6-3(9)11-1-2-12-5(8)14-13-4(7)10/h9-10H,1-2H2. The van der Waals surface area contributed by atoms with E-state index in [2.05, 4.69) is 18.9 Å². The first kappa shape index (κ1) is 13.7. The molecule has 0 saturated carbocycles. The normalized spacial score (nSPS) is 10.1. The zero-order valence-electron chi connectivity index (χ0n) is 6.81. The van der Waals surface area contributed by atoms with Gasteiger partial charge in [0.15, 0.2) is 0 Å². The van der Waals surface area contributed by atoms with Crippen molar-refractivity contribution in [3.05, 3.63) is 0 Å². The van der Waals surface area contributed by atoms with Gasteiger partial charge in [-0.3, -0.25) is 12.9 Å². The minimum atomic E-state index is -2.79. The van der Waals surface area contributed by atoms with Crippen LogP contribution in [-0.4, -0.2) is 45.4 Å². The van der Waals surface area contributed by atoms with Crippen molar-refractivity contribution >= 4 is 22.2 Å². The quantitative estimate of drug-likeness (QED) is 0.230. The molecule has 0 unspecified atom stereocenters. The maximum atomic E-state index is 12.2. The number of halogens is 3. The third kappa shape index (κ3) is 9.83. The zero-order valence-corrected chi connectivity index (χ0v) is 6.81. The molecule has 0 aromatic carbocycles. The molecule has 0 atom stereocenters. The molecule has 0 bridgehead atoms. The molecule has 0 aromatic rings. The lowest BCUT2D eigenvalue weighted by Gasteiger charge is -2.05. The maximum absolute atomic E-state index is 12.2. The third-order valence-electron chi connectivity index (χ3n) is 0.798. The molecule has 0 aliphatic carbocycles. The van der Waals surface area contributed by atoms with Crippen LogP contribution in [0.3, 0.4) is 0 Å². The van der Waals surface area contributed by atoms with Gasteiger partial charge in [-0.25, -0.2) is 9.61 Å². The van der Waals surface area contributed by atoms with Crippen LogP contribution in [0.1, 0.15) is 0 Å². The van der Waals surface area contributed by atoms with E-state index >= 15 is 0 Å². The molecule has 14 heavy (non-hydrogen) atoms. The van der Waals surface area contributed by atoms with Crippen molar-refractivity contribution in [1.29, 1.82) is 0 Å². The molecule has 0 saturated heterocycles. The second-order valence-electron chi connectivity index (χ2n) is 1.79. The monoisotopic (exact) mass is 216 g/mol. The van der Waals surface area contributed by atoms with Crippen LogP contribution in [0, 0.1) is 0 Å². The van der Waals surface area contributed by atoms with Gasteiger partial charge in [0.25, 0.3) is 0 Å². The van der Waals surface area contributed by atoms with E-state index in [1.54, 1.807) is 0 Å². The Morgan fingerprint density at radius 3 is 1.93 bits per heavy atom. The van der Waals surface area contributed by atoms with Gasteiger partial charge in [0.05, 0.1) is 13.2 Å². The fraction of sp³-hybridized carbons (Fsp3) is 1.00. The minimum absolute atomic E-state index is 0.445. The van der Waals surface area contributed by atoms with Crippen LogP contribution in [0.25, 0.3) is 0 Å². The fourth-order valence-electron chi connectivity index (χ4n) is 0.403. The van der Waals surface area contributed by atoms with Gasteiger partial charge in [-0.05, 0) is 0 Å². The van der Waals surface area contributed by atoms with Crippen molar-refractivity contribution in [3.63, 3.8) is 0 Å². The smallest absolute Gasteiger partial charge is 0.398 e. The van der Waals surface area contributed by atoms with Gasteiger partial charge in [0, 0.05) is 0 Å². The van der Waals surface area contributed by atoms with Crippen LogP contribution in [0.5, 0.6) is 0 Å². The van der Waals surface area contributed by atoms with Crippen LogP contribution < -0.4 is 0 Å². The highest BCUT2D eigenvalue weighted by atomic mass is 19.1. The van der Waals surface area contributed by atoms with E-state index in [-0.39, 0.29) is 0 Å². The van der Waals surface area contributed by atoms with E-state index in [1.165, 1.54) is 0 Å². The Morgan fingerprint density at radius 2 is 1.43 bits per heavy atom. The summed E-state index contributed by atoms with van der Waals surface area (Å²) in [7, 11) is -7.73. The number of hydrogen-bond donors (Lipinski definition) is 2. The summed E-state index contributed by atoms with van der Waals surface area (Å²) in [4.78, 5) is 6.79. The van der Waals surface area contributed by atoms with Gasteiger partial charge in [0.1, 0.15) is 0 Å². The van der Waals surface area contributed by atoms with Crippen molar-refractivity contribution in [3.8, 4) is 0 Å². The molecule has 0 aliphatic heterocycles. The summed E-state index contributed by atoms with van der Waals surface area (Å²) in [6, 6.07) is 0. The molecule has 0 aliphatic rings. The van der Waals surface area contributed by atoms with Crippen LogP contribution in [0.15, 0.2) is 0 Å². The predicted octanol–water partition coefficient (Wildman–Crippen LogP) is -1.18. The molecule has 0 radical (unpaired) electrons. The number of rotatable bonds is 8. The van der Waals surface area contributed by atoms with Crippen molar-refractivity contribution in [1.82, 2.24) is 0 Å². The number of hydrogen-bond acceptors (Lipinski definition) is 6. The molecule has 6 nitrogen and oxygen atoms in total. The van der Waals surface area contributed by atoms with Crippen LogP contribution in [0.4, 0.5) is 12.9 Å². The van der Waals surface area contributed by atoms with Gasteiger partial charge in [-0.1, -0.05) is 0 Å². The van der Waals surface area contributed by atoms with Crippen molar-refractivity contribution in [2.45, 2.75) is 0 Å². The van der Waals surface area contributed by atoms with Gasteiger partial charge in [-0.2, -0.15) is 0 Å². The first-order valence-electron chi connectivity index (χ1n) is 3.36. The minimum Gasteiger partial charge on any atom is -0.398 e. The molecule has 0 aromatic heterocycles. The Balaban J connectivity index is 3.22. The summed E-state index contributed by atoms with van der Waals surface area (Å²) in [5, 5.41) is 15.7. The lowest BCUT2D eigenvalue weighted by Crippen LogP contribution is -2.25. The second kappa shape index (κ2) is 8.09. The molecule has 0 spiro atoms. The average molecular weight is 215 g/mol.